The van der Waals surface area contributed by atoms with E-state index in [1.165, 1.54) is 16.9 Å². The van der Waals surface area contributed by atoms with Gasteiger partial charge < -0.3 is 5.32 Å². The summed E-state index contributed by atoms with van der Waals surface area (Å²) in [6, 6.07) is 10.2. The van der Waals surface area contributed by atoms with E-state index < -0.39 is 0 Å². The van der Waals surface area contributed by atoms with Crippen LogP contribution in [-0.2, 0) is 12.1 Å². The van der Waals surface area contributed by atoms with Gasteiger partial charge in [-0.25, -0.2) is 0 Å². The molecule has 0 bridgehead atoms. The van der Waals surface area contributed by atoms with Gasteiger partial charge in [-0.2, -0.15) is 0 Å². The lowest BCUT2D eigenvalue weighted by Crippen LogP contribution is -2.47. The molecular weight excluding hydrogens is 297 g/mol. The van der Waals surface area contributed by atoms with Gasteiger partial charge in [0.05, 0.1) is 10.0 Å². The second-order valence-corrected chi connectivity index (χ2v) is 6.84. The summed E-state index contributed by atoms with van der Waals surface area (Å²) < 4.78 is 0. The lowest BCUT2D eigenvalue weighted by molar-refractivity contribution is 0.184. The van der Waals surface area contributed by atoms with Crippen molar-refractivity contribution in [3.63, 3.8) is 0 Å². The molecule has 1 aliphatic carbocycles. The molecule has 1 aromatic heterocycles. The molecule has 0 amide bonds. The topological polar surface area (TPSA) is 12.0 Å². The van der Waals surface area contributed by atoms with Crippen LogP contribution in [0.15, 0.2) is 35.7 Å². The summed E-state index contributed by atoms with van der Waals surface area (Å²) in [4.78, 5) is 1.37. The van der Waals surface area contributed by atoms with Crippen LogP contribution in [0, 0.1) is 0 Å². The van der Waals surface area contributed by atoms with Crippen molar-refractivity contribution in [3.05, 3.63) is 56.2 Å². The smallest absolute Gasteiger partial charge is 0.0595 e. The molecule has 100 valence electrons. The molecule has 0 unspecified atom stereocenters. The fourth-order valence-electron chi connectivity index (χ4n) is 2.56. The number of hydrogen-bond donors (Lipinski definition) is 1. The Morgan fingerprint density at radius 3 is 2.58 bits per heavy atom. The fraction of sp³-hybridized carbons (Fsp3) is 0.333. The van der Waals surface area contributed by atoms with Crippen molar-refractivity contribution in [2.45, 2.75) is 31.3 Å². The molecule has 2 aromatic rings. The van der Waals surface area contributed by atoms with Crippen LogP contribution in [0.4, 0.5) is 0 Å². The summed E-state index contributed by atoms with van der Waals surface area (Å²) >= 11 is 13.9. The van der Waals surface area contributed by atoms with Crippen LogP contribution in [0.3, 0.4) is 0 Å². The van der Waals surface area contributed by atoms with E-state index in [4.69, 9.17) is 23.2 Å². The third-order valence-corrected chi connectivity index (χ3v) is 5.48. The van der Waals surface area contributed by atoms with Gasteiger partial charge in [-0.3, -0.25) is 0 Å². The second-order valence-electron chi connectivity index (χ2n) is 5.00. The maximum absolute atomic E-state index is 6.14. The Kier molecular flexibility index (Phi) is 3.86. The highest BCUT2D eigenvalue weighted by molar-refractivity contribution is 7.09. The molecule has 1 N–H and O–H groups in total. The van der Waals surface area contributed by atoms with E-state index in [-0.39, 0.29) is 5.54 Å². The van der Waals surface area contributed by atoms with E-state index in [9.17, 15) is 0 Å². The molecule has 0 spiro atoms. The molecule has 1 fully saturated rings. The molecule has 4 heteroatoms. The van der Waals surface area contributed by atoms with Crippen LogP contribution in [0.1, 0.15) is 29.7 Å². The van der Waals surface area contributed by atoms with Crippen molar-refractivity contribution in [1.82, 2.24) is 5.32 Å². The Morgan fingerprint density at radius 2 is 2.00 bits per heavy atom. The van der Waals surface area contributed by atoms with Crippen LogP contribution in [-0.4, -0.2) is 0 Å². The SMILES string of the molecule is Clc1ccc(C2(NCc3cccs3)CCC2)cc1Cl. The zero-order chi connectivity index (χ0) is 13.3. The molecule has 3 rings (SSSR count). The molecule has 0 radical (unpaired) electrons. The van der Waals surface area contributed by atoms with Gasteiger partial charge in [0.15, 0.2) is 0 Å². The third-order valence-electron chi connectivity index (χ3n) is 3.86. The Bertz CT molecular complexity index is 562. The highest BCUT2D eigenvalue weighted by Crippen LogP contribution is 2.43. The Labute approximate surface area is 127 Å². The average Bonchev–Trinajstić information content (AvgIpc) is 2.85. The monoisotopic (exact) mass is 311 g/mol. The zero-order valence-electron chi connectivity index (χ0n) is 10.5. The quantitative estimate of drug-likeness (QED) is 0.815. The van der Waals surface area contributed by atoms with Gasteiger partial charge in [0.2, 0.25) is 0 Å². The van der Waals surface area contributed by atoms with Crippen molar-refractivity contribution in [2.24, 2.45) is 0 Å². The summed E-state index contributed by atoms with van der Waals surface area (Å²) in [7, 11) is 0. The summed E-state index contributed by atoms with van der Waals surface area (Å²) in [6.45, 7) is 0.915. The number of halogens is 2. The largest absolute Gasteiger partial charge is 0.302 e. The maximum Gasteiger partial charge on any atom is 0.0595 e. The molecule has 19 heavy (non-hydrogen) atoms. The van der Waals surface area contributed by atoms with E-state index in [1.807, 2.05) is 12.1 Å². The maximum atomic E-state index is 6.14. The summed E-state index contributed by atoms with van der Waals surface area (Å²) in [6.07, 6.45) is 3.59. The summed E-state index contributed by atoms with van der Waals surface area (Å²) in [5.74, 6) is 0. The molecule has 1 aromatic carbocycles. The van der Waals surface area contributed by atoms with Crippen LogP contribution in [0.2, 0.25) is 10.0 Å². The fourth-order valence-corrected chi connectivity index (χ4v) is 3.50. The first-order valence-electron chi connectivity index (χ1n) is 6.43. The van der Waals surface area contributed by atoms with E-state index in [1.54, 1.807) is 11.3 Å². The average molecular weight is 312 g/mol. The number of thiophene rings is 1. The summed E-state index contributed by atoms with van der Waals surface area (Å²) in [5.41, 5.74) is 1.34. The predicted molar refractivity (Wildman–Crippen MR) is 83.1 cm³/mol. The molecule has 0 aliphatic heterocycles. The van der Waals surface area contributed by atoms with Crippen LogP contribution in [0.5, 0.6) is 0 Å². The van der Waals surface area contributed by atoms with Gasteiger partial charge in [0, 0.05) is 17.0 Å². The lowest BCUT2D eigenvalue weighted by atomic mass is 9.72. The summed E-state index contributed by atoms with van der Waals surface area (Å²) in [5, 5.41) is 7.09. The standard InChI is InChI=1S/C15H15Cl2NS/c16-13-5-4-11(9-14(13)17)15(6-2-7-15)18-10-12-3-1-8-19-12/h1,3-5,8-9,18H,2,6-7,10H2. The van der Waals surface area contributed by atoms with Crippen LogP contribution >= 0.6 is 34.5 Å². The number of rotatable bonds is 4. The first kappa shape index (κ1) is 13.4. The zero-order valence-corrected chi connectivity index (χ0v) is 12.8. The van der Waals surface area contributed by atoms with E-state index >= 15 is 0 Å². The Morgan fingerprint density at radius 1 is 1.16 bits per heavy atom. The predicted octanol–water partition coefficient (Wildman–Crippen LogP) is 5.22. The van der Waals surface area contributed by atoms with Gasteiger partial charge in [0.25, 0.3) is 0 Å². The van der Waals surface area contributed by atoms with Crippen molar-refractivity contribution in [1.29, 1.82) is 0 Å². The van der Waals surface area contributed by atoms with Crippen molar-refractivity contribution >= 4 is 34.5 Å². The van der Waals surface area contributed by atoms with Crippen molar-refractivity contribution in [2.75, 3.05) is 0 Å². The van der Waals surface area contributed by atoms with E-state index in [2.05, 4.69) is 28.9 Å². The highest BCUT2D eigenvalue weighted by Gasteiger charge is 2.38. The number of nitrogens with one attached hydrogen (secondary N) is 1. The van der Waals surface area contributed by atoms with Gasteiger partial charge in [-0.1, -0.05) is 35.3 Å². The Hall–Kier alpha value is -0.540. The van der Waals surface area contributed by atoms with Crippen molar-refractivity contribution in [3.8, 4) is 0 Å². The minimum atomic E-state index is 0.0816. The Balaban J connectivity index is 1.80. The number of hydrogen-bond acceptors (Lipinski definition) is 2. The molecular formula is C15H15Cl2NS. The van der Waals surface area contributed by atoms with Gasteiger partial charge in [-0.05, 0) is 48.4 Å². The molecule has 1 heterocycles. The van der Waals surface area contributed by atoms with E-state index in [0.717, 1.165) is 19.4 Å². The lowest BCUT2D eigenvalue weighted by Gasteiger charge is -2.43. The molecule has 1 saturated carbocycles. The molecule has 1 nitrogen and oxygen atoms in total. The molecule has 0 saturated heterocycles. The van der Waals surface area contributed by atoms with Gasteiger partial charge >= 0.3 is 0 Å². The van der Waals surface area contributed by atoms with Gasteiger partial charge in [-0.15, -0.1) is 11.3 Å². The first-order valence-corrected chi connectivity index (χ1v) is 8.06. The first-order chi connectivity index (χ1) is 9.20. The van der Waals surface area contributed by atoms with E-state index in [0.29, 0.717) is 10.0 Å². The highest BCUT2D eigenvalue weighted by atomic mass is 35.5. The molecule has 1 aliphatic rings. The normalized spacial score (nSPS) is 17.2. The van der Waals surface area contributed by atoms with Crippen molar-refractivity contribution < 1.29 is 0 Å². The second kappa shape index (κ2) is 5.45. The van der Waals surface area contributed by atoms with Crippen LogP contribution < -0.4 is 5.32 Å². The number of benzene rings is 1. The minimum absolute atomic E-state index is 0.0816. The molecule has 0 atom stereocenters. The minimum Gasteiger partial charge on any atom is -0.302 e. The van der Waals surface area contributed by atoms with Crippen LogP contribution in [0.25, 0.3) is 0 Å². The van der Waals surface area contributed by atoms with Gasteiger partial charge in [0.1, 0.15) is 0 Å². The third kappa shape index (κ3) is 2.68.